The van der Waals surface area contributed by atoms with Crippen molar-refractivity contribution in [1.29, 1.82) is 0 Å². The van der Waals surface area contributed by atoms with Crippen LogP contribution in [-0.2, 0) is 9.59 Å². The SMILES string of the molecule is CC1=CC(=O)[C@H]2[C@H](c3ccccc3)CC(=O)[C@H]1C2(C)C. The summed E-state index contributed by atoms with van der Waals surface area (Å²) in [5.74, 6) is 0.305. The molecule has 2 bridgehead atoms. The third-order valence-corrected chi connectivity index (χ3v) is 5.05. The van der Waals surface area contributed by atoms with Crippen molar-refractivity contribution >= 4 is 11.6 Å². The van der Waals surface area contributed by atoms with Gasteiger partial charge in [-0.25, -0.2) is 0 Å². The van der Waals surface area contributed by atoms with Gasteiger partial charge in [0.25, 0.3) is 0 Å². The highest BCUT2D eigenvalue weighted by molar-refractivity contribution is 6.01. The number of ketones is 2. The Hall–Kier alpha value is -1.70. The Morgan fingerprint density at radius 3 is 2.40 bits per heavy atom. The molecule has 1 aromatic rings. The molecule has 104 valence electrons. The van der Waals surface area contributed by atoms with E-state index in [2.05, 4.69) is 13.8 Å². The van der Waals surface area contributed by atoms with Gasteiger partial charge in [0.15, 0.2) is 5.78 Å². The third kappa shape index (κ3) is 1.78. The van der Waals surface area contributed by atoms with Crippen molar-refractivity contribution in [2.24, 2.45) is 17.3 Å². The van der Waals surface area contributed by atoms with Crippen LogP contribution in [0.25, 0.3) is 0 Å². The Kier molecular flexibility index (Phi) is 2.93. The number of carbonyl (C=O) groups is 2. The van der Waals surface area contributed by atoms with Crippen molar-refractivity contribution in [2.75, 3.05) is 0 Å². The van der Waals surface area contributed by atoms with E-state index in [-0.39, 0.29) is 34.7 Å². The normalized spacial score (nSPS) is 31.9. The van der Waals surface area contributed by atoms with E-state index in [0.717, 1.165) is 11.1 Å². The number of carbonyl (C=O) groups excluding carboxylic acids is 2. The van der Waals surface area contributed by atoms with Crippen molar-refractivity contribution in [3.8, 4) is 0 Å². The van der Waals surface area contributed by atoms with E-state index in [1.807, 2.05) is 37.3 Å². The summed E-state index contributed by atoms with van der Waals surface area (Å²) in [6, 6.07) is 10.00. The predicted octanol–water partition coefficient (Wildman–Crippen LogP) is 3.53. The molecule has 0 spiro atoms. The van der Waals surface area contributed by atoms with E-state index in [0.29, 0.717) is 6.42 Å². The van der Waals surface area contributed by atoms with E-state index in [1.54, 1.807) is 6.08 Å². The van der Waals surface area contributed by atoms with E-state index < -0.39 is 0 Å². The second kappa shape index (κ2) is 4.41. The van der Waals surface area contributed by atoms with Gasteiger partial charge < -0.3 is 0 Å². The second-order valence-corrected chi connectivity index (χ2v) is 6.71. The molecule has 0 heterocycles. The Labute approximate surface area is 119 Å². The molecule has 20 heavy (non-hydrogen) atoms. The van der Waals surface area contributed by atoms with Gasteiger partial charge in [0, 0.05) is 24.2 Å². The third-order valence-electron chi connectivity index (χ3n) is 5.05. The maximum Gasteiger partial charge on any atom is 0.159 e. The number of benzene rings is 1. The summed E-state index contributed by atoms with van der Waals surface area (Å²) in [7, 11) is 0. The maximum atomic E-state index is 12.6. The minimum atomic E-state index is -0.286. The molecule has 2 nitrogen and oxygen atoms in total. The average Bonchev–Trinajstić information content (AvgIpc) is 2.36. The minimum Gasteiger partial charge on any atom is -0.299 e. The fourth-order valence-electron chi connectivity index (χ4n) is 4.38. The maximum absolute atomic E-state index is 12.6. The topological polar surface area (TPSA) is 34.1 Å². The van der Waals surface area contributed by atoms with Crippen LogP contribution in [0.5, 0.6) is 0 Å². The highest BCUT2D eigenvalue weighted by atomic mass is 16.1. The Balaban J connectivity index is 2.13. The first-order valence-corrected chi connectivity index (χ1v) is 7.22. The summed E-state index contributed by atoms with van der Waals surface area (Å²) in [4.78, 5) is 25.1. The lowest BCUT2D eigenvalue weighted by Gasteiger charge is -2.50. The van der Waals surface area contributed by atoms with Gasteiger partial charge in [-0.3, -0.25) is 9.59 Å². The van der Waals surface area contributed by atoms with Crippen LogP contribution in [-0.4, -0.2) is 11.6 Å². The Morgan fingerprint density at radius 2 is 1.75 bits per heavy atom. The zero-order valence-electron chi connectivity index (χ0n) is 12.2. The summed E-state index contributed by atoms with van der Waals surface area (Å²) >= 11 is 0. The standard InChI is InChI=1S/C18H20O2/c1-11-9-14(19)17-13(12-7-5-4-6-8-12)10-15(20)16(11)18(17,2)3/h4-9,13,16-17H,10H2,1-3H3/t13-,16-,17+/m0/s1. The van der Waals surface area contributed by atoms with Crippen molar-refractivity contribution in [1.82, 2.24) is 0 Å². The lowest BCUT2D eigenvalue weighted by molar-refractivity contribution is -0.138. The molecule has 2 heteroatoms. The fraction of sp³-hybridized carbons (Fsp3) is 0.444. The molecular formula is C18H20O2. The second-order valence-electron chi connectivity index (χ2n) is 6.71. The van der Waals surface area contributed by atoms with E-state index in [1.165, 1.54) is 0 Å². The molecule has 0 N–H and O–H groups in total. The van der Waals surface area contributed by atoms with Gasteiger partial charge in [-0.15, -0.1) is 0 Å². The van der Waals surface area contributed by atoms with Crippen LogP contribution in [0.3, 0.4) is 0 Å². The first kappa shape index (κ1) is 13.3. The molecule has 1 saturated carbocycles. The number of hydrogen-bond donors (Lipinski definition) is 0. The summed E-state index contributed by atoms with van der Waals surface area (Å²) in [6.45, 7) is 6.06. The van der Waals surface area contributed by atoms with Gasteiger partial charge in [0.2, 0.25) is 0 Å². The van der Waals surface area contributed by atoms with Gasteiger partial charge in [-0.05, 0) is 24.0 Å². The summed E-state index contributed by atoms with van der Waals surface area (Å²) in [6.07, 6.45) is 2.19. The van der Waals surface area contributed by atoms with Gasteiger partial charge >= 0.3 is 0 Å². The molecule has 0 unspecified atom stereocenters. The predicted molar refractivity (Wildman–Crippen MR) is 78.3 cm³/mol. The van der Waals surface area contributed by atoms with Crippen LogP contribution in [0.15, 0.2) is 42.0 Å². The number of hydrogen-bond acceptors (Lipinski definition) is 2. The quantitative estimate of drug-likeness (QED) is 0.780. The van der Waals surface area contributed by atoms with Gasteiger partial charge in [0.1, 0.15) is 5.78 Å². The highest BCUT2D eigenvalue weighted by Gasteiger charge is 2.55. The molecule has 3 rings (SSSR count). The van der Waals surface area contributed by atoms with Crippen LogP contribution in [0.2, 0.25) is 0 Å². The molecule has 0 aliphatic heterocycles. The summed E-state index contributed by atoms with van der Waals surface area (Å²) < 4.78 is 0. The van der Waals surface area contributed by atoms with Crippen LogP contribution in [0, 0.1) is 17.3 Å². The molecule has 0 aromatic heterocycles. The summed E-state index contributed by atoms with van der Waals surface area (Å²) in [5.41, 5.74) is 1.76. The minimum absolute atomic E-state index is 0.0202. The van der Waals surface area contributed by atoms with Gasteiger partial charge in [0.05, 0.1) is 0 Å². The fourth-order valence-corrected chi connectivity index (χ4v) is 4.38. The van der Waals surface area contributed by atoms with Crippen molar-refractivity contribution in [2.45, 2.75) is 33.1 Å². The summed E-state index contributed by atoms with van der Waals surface area (Å²) in [5, 5.41) is 0. The van der Waals surface area contributed by atoms with Crippen LogP contribution < -0.4 is 0 Å². The Morgan fingerprint density at radius 1 is 1.10 bits per heavy atom. The molecule has 3 atom stereocenters. The van der Waals surface area contributed by atoms with E-state index in [9.17, 15) is 9.59 Å². The molecule has 0 amide bonds. The smallest absolute Gasteiger partial charge is 0.159 e. The molecule has 2 aliphatic rings. The van der Waals surface area contributed by atoms with Crippen molar-refractivity contribution in [3.63, 3.8) is 0 Å². The Bertz CT molecular complexity index is 595. The van der Waals surface area contributed by atoms with Crippen molar-refractivity contribution in [3.05, 3.63) is 47.5 Å². The van der Waals surface area contributed by atoms with E-state index in [4.69, 9.17) is 0 Å². The lowest BCUT2D eigenvalue weighted by Crippen LogP contribution is -2.51. The van der Waals surface area contributed by atoms with Gasteiger partial charge in [-0.1, -0.05) is 49.8 Å². The van der Waals surface area contributed by atoms with Crippen LogP contribution in [0.4, 0.5) is 0 Å². The van der Waals surface area contributed by atoms with Gasteiger partial charge in [-0.2, -0.15) is 0 Å². The first-order valence-electron chi connectivity index (χ1n) is 7.22. The molecule has 1 fully saturated rings. The molecule has 1 aromatic carbocycles. The molecular weight excluding hydrogens is 248 g/mol. The monoisotopic (exact) mass is 268 g/mol. The first-order chi connectivity index (χ1) is 9.43. The number of allylic oxidation sites excluding steroid dienone is 2. The number of fused-ring (bicyclic) bond motifs is 2. The largest absolute Gasteiger partial charge is 0.299 e. The molecule has 0 radical (unpaired) electrons. The number of Topliss-reactive ketones (excluding diaryl/α,β-unsaturated/α-hetero) is 1. The highest BCUT2D eigenvalue weighted by Crippen LogP contribution is 2.55. The lowest BCUT2D eigenvalue weighted by atomic mass is 9.51. The zero-order chi connectivity index (χ0) is 14.5. The zero-order valence-corrected chi connectivity index (χ0v) is 12.2. The van der Waals surface area contributed by atoms with Crippen molar-refractivity contribution < 1.29 is 9.59 Å². The van der Waals surface area contributed by atoms with Crippen LogP contribution in [0.1, 0.15) is 38.7 Å². The van der Waals surface area contributed by atoms with Crippen LogP contribution >= 0.6 is 0 Å². The molecule has 2 aliphatic carbocycles. The number of rotatable bonds is 1. The van der Waals surface area contributed by atoms with E-state index >= 15 is 0 Å². The average molecular weight is 268 g/mol. The molecule has 0 saturated heterocycles.